The van der Waals surface area contributed by atoms with Crippen LogP contribution < -0.4 is 0 Å². The minimum absolute atomic E-state index is 0.206. The summed E-state index contributed by atoms with van der Waals surface area (Å²) in [6.07, 6.45) is 4.82. The molecule has 0 fully saturated rings. The van der Waals surface area contributed by atoms with Crippen molar-refractivity contribution in [1.82, 2.24) is 0 Å². The van der Waals surface area contributed by atoms with Crippen molar-refractivity contribution < 1.29 is 15.3 Å². The van der Waals surface area contributed by atoms with Crippen molar-refractivity contribution >= 4 is 35.3 Å². The monoisotopic (exact) mass is 651 g/mol. The van der Waals surface area contributed by atoms with Gasteiger partial charge in [-0.05, 0) is 0 Å². The zero-order chi connectivity index (χ0) is 23.6. The van der Waals surface area contributed by atoms with Crippen LogP contribution in [0.4, 0.5) is 0 Å². The van der Waals surface area contributed by atoms with E-state index in [1.54, 1.807) is 0 Å². The van der Waals surface area contributed by atoms with E-state index in [4.69, 9.17) is 17.2 Å². The van der Waals surface area contributed by atoms with Crippen molar-refractivity contribution in [2.24, 2.45) is 0 Å². The molecule has 2 aliphatic rings. The Balaban J connectivity index is 1.99. The number of benzene rings is 2. The third-order valence-corrected chi connectivity index (χ3v) is 81.5. The molecular formula is C28H37Cl2HfSi. The van der Waals surface area contributed by atoms with E-state index in [0.717, 1.165) is 0 Å². The van der Waals surface area contributed by atoms with Crippen molar-refractivity contribution in [3.63, 3.8) is 0 Å². The van der Waals surface area contributed by atoms with Crippen LogP contribution >= 0.6 is 17.2 Å². The van der Waals surface area contributed by atoms with Gasteiger partial charge in [0.05, 0.1) is 0 Å². The van der Waals surface area contributed by atoms with Crippen LogP contribution in [0.3, 0.4) is 0 Å². The van der Waals surface area contributed by atoms with Gasteiger partial charge >= 0.3 is 205 Å². The predicted molar refractivity (Wildman–Crippen MR) is 144 cm³/mol. The fraction of sp³-hybridized carbons (Fsp3) is 0.429. The Morgan fingerprint density at radius 1 is 0.719 bits per heavy atom. The summed E-state index contributed by atoms with van der Waals surface area (Å²) in [5.41, 5.74) is 11.2. The van der Waals surface area contributed by atoms with Gasteiger partial charge in [-0.25, -0.2) is 0 Å². The zero-order valence-corrected chi connectivity index (χ0v) is 27.0. The van der Waals surface area contributed by atoms with Crippen LogP contribution in [-0.4, -0.2) is 5.98 Å². The fourth-order valence-electron chi connectivity index (χ4n) is 6.46. The Bertz CT molecular complexity index is 1060. The normalized spacial score (nSPS) is 21.5. The Morgan fingerprint density at radius 2 is 1.09 bits per heavy atom. The van der Waals surface area contributed by atoms with E-state index >= 15 is 0 Å². The summed E-state index contributed by atoms with van der Waals surface area (Å²) in [5.74, 6) is -0.458. The molecule has 0 N–H and O–H groups in total. The van der Waals surface area contributed by atoms with Gasteiger partial charge in [0.1, 0.15) is 0 Å². The second-order valence-corrected chi connectivity index (χ2v) is 70.3. The molecular weight excluding hydrogens is 614 g/mol. The Kier molecular flexibility index (Phi) is 6.46. The molecule has 2 aromatic carbocycles. The Hall–Kier alpha value is -0.413. The first-order chi connectivity index (χ1) is 14.9. The van der Waals surface area contributed by atoms with Crippen LogP contribution in [0.2, 0.25) is 13.1 Å². The molecule has 4 rings (SSSR count). The van der Waals surface area contributed by atoms with Gasteiger partial charge < -0.3 is 0 Å². The molecule has 0 saturated carbocycles. The van der Waals surface area contributed by atoms with Gasteiger partial charge in [-0.1, -0.05) is 0 Å². The van der Waals surface area contributed by atoms with E-state index in [1.807, 2.05) is 0 Å². The molecule has 0 spiro atoms. The van der Waals surface area contributed by atoms with Crippen LogP contribution in [0.5, 0.6) is 0 Å². The van der Waals surface area contributed by atoms with Crippen LogP contribution in [0.1, 0.15) is 94.1 Å². The number of hydrogen-bond donors (Lipinski definition) is 0. The maximum atomic E-state index is 8.22. The van der Waals surface area contributed by atoms with Crippen LogP contribution in [0.15, 0.2) is 47.5 Å². The standard InChI is InChI=1S/2C13H15.C2H7Si.2ClH.Hf/c2*1-9(2)12-6-4-5-11-7-10(3)8-13(11)12;1-3-2;;;/h2*4-9H,1-3H3;3H,1-2H3;2*1H;/q;;;;;+2/p-2. The first kappa shape index (κ1) is 24.7. The molecule has 2 atom stereocenters. The number of hydrogen-bond acceptors (Lipinski definition) is 0. The second-order valence-electron chi connectivity index (χ2n) is 11.0. The molecule has 0 amide bonds. The number of halogens is 2. The second kappa shape index (κ2) is 8.36. The number of fused-ring (bicyclic) bond motifs is 2. The molecule has 0 nitrogen and oxygen atoms in total. The van der Waals surface area contributed by atoms with Gasteiger partial charge in [0.15, 0.2) is 0 Å². The summed E-state index contributed by atoms with van der Waals surface area (Å²) >= 11 is -4.61. The molecule has 2 unspecified atom stereocenters. The Morgan fingerprint density at radius 3 is 1.41 bits per heavy atom. The van der Waals surface area contributed by atoms with Gasteiger partial charge in [0.2, 0.25) is 0 Å². The van der Waals surface area contributed by atoms with Crippen molar-refractivity contribution in [2.45, 2.75) is 73.8 Å². The first-order valence-corrected chi connectivity index (χ1v) is 34.2. The van der Waals surface area contributed by atoms with E-state index in [2.05, 4.69) is 103 Å². The first-order valence-electron chi connectivity index (χ1n) is 12.1. The summed E-state index contributed by atoms with van der Waals surface area (Å²) in [6.45, 7) is 18.5. The maximum absolute atomic E-state index is 8.22. The van der Waals surface area contributed by atoms with Crippen LogP contribution in [0, 0.1) is 0 Å². The molecule has 0 aromatic heterocycles. The molecule has 0 aliphatic heterocycles. The SMILES string of the molecule is CC1=Cc2c(C(C)C)cccc2[CH]1[Hf]([Cl])([Cl])([CH]1C(C)=Cc2c(C(C)C)cccc21)[SiH](C)C. The van der Waals surface area contributed by atoms with Gasteiger partial charge in [-0.3, -0.25) is 0 Å². The summed E-state index contributed by atoms with van der Waals surface area (Å²) in [6, 6.07) is 13.6. The van der Waals surface area contributed by atoms with Crippen molar-refractivity contribution in [3.05, 3.63) is 80.9 Å². The average Bonchev–Trinajstić information content (AvgIpc) is 3.23. The van der Waals surface area contributed by atoms with Gasteiger partial charge in [-0.15, -0.1) is 0 Å². The predicted octanol–water partition coefficient (Wildman–Crippen LogP) is 9.53. The molecule has 0 bridgehead atoms. The zero-order valence-electron chi connectivity index (χ0n) is 20.8. The van der Waals surface area contributed by atoms with E-state index in [9.17, 15) is 0 Å². The average molecular weight is 651 g/mol. The fourth-order valence-corrected chi connectivity index (χ4v) is 53.0. The van der Waals surface area contributed by atoms with E-state index in [-0.39, 0.29) is 7.35 Å². The summed E-state index contributed by atoms with van der Waals surface area (Å²) in [4.78, 5) is 0. The van der Waals surface area contributed by atoms with Crippen molar-refractivity contribution in [3.8, 4) is 0 Å². The Labute approximate surface area is 204 Å². The van der Waals surface area contributed by atoms with Gasteiger partial charge in [0.25, 0.3) is 0 Å². The summed E-state index contributed by atoms with van der Waals surface area (Å²) < 4.78 is 0.412. The van der Waals surface area contributed by atoms with E-state index in [1.165, 1.54) is 44.5 Å². The molecule has 171 valence electrons. The molecule has 4 heteroatoms. The molecule has 0 radical (unpaired) electrons. The quantitative estimate of drug-likeness (QED) is 0.283. The molecule has 0 saturated heterocycles. The molecule has 0 heterocycles. The summed E-state index contributed by atoms with van der Waals surface area (Å²) in [7, 11) is 16.4. The van der Waals surface area contributed by atoms with Crippen LogP contribution in [0.25, 0.3) is 12.2 Å². The third kappa shape index (κ3) is 3.46. The van der Waals surface area contributed by atoms with E-state index < -0.39 is 21.3 Å². The van der Waals surface area contributed by atoms with Crippen LogP contribution in [-0.2, 0) is 15.3 Å². The van der Waals surface area contributed by atoms with Crippen molar-refractivity contribution in [2.75, 3.05) is 0 Å². The molecule has 2 aliphatic carbocycles. The molecule has 2 aromatic rings. The van der Waals surface area contributed by atoms with Gasteiger partial charge in [0, 0.05) is 0 Å². The molecule has 32 heavy (non-hydrogen) atoms. The third-order valence-electron chi connectivity index (χ3n) is 8.07. The number of rotatable bonds is 5. The topological polar surface area (TPSA) is 0 Å². The van der Waals surface area contributed by atoms with Crippen molar-refractivity contribution in [1.29, 1.82) is 0 Å². The van der Waals surface area contributed by atoms with E-state index in [0.29, 0.717) is 11.8 Å². The van der Waals surface area contributed by atoms with Gasteiger partial charge in [-0.2, -0.15) is 0 Å². The number of allylic oxidation sites excluding steroid dienone is 2. The minimum atomic E-state index is -4.61. The summed E-state index contributed by atoms with van der Waals surface area (Å²) in [5, 5.41) is 0.